The first-order valence-electron chi connectivity index (χ1n) is 19.1. The van der Waals surface area contributed by atoms with Gasteiger partial charge in [-0.1, -0.05) is 66.7 Å². The van der Waals surface area contributed by atoms with Crippen LogP contribution < -0.4 is 5.48 Å². The zero-order valence-electron chi connectivity index (χ0n) is 32.6. The second kappa shape index (κ2) is 12.7. The standard InChI is InChI=1S/C46H31N13/c1-23-11-16-32-33-18-17-31(29-9-7-6-8-10-29)36-39-45(50-22-34(57-39)30-14-12-28(21-47)13-15-30)59(41(33)36)46(58-40(32)35(23)38-44(58)49-20-19-48-38)37(42-53-24(2)51-25(3)54-42)43-55-26(4)52-27(5)56-43/h6-20,22H,1-5H3. The highest BCUT2D eigenvalue weighted by Crippen LogP contribution is 2.42. The number of rotatable bonds is 4. The smallest absolute Gasteiger partial charge is 0.170 e. The Morgan fingerprint density at radius 1 is 0.542 bits per heavy atom. The van der Waals surface area contributed by atoms with Gasteiger partial charge in [-0.15, -0.1) is 0 Å². The van der Waals surface area contributed by atoms with Crippen molar-refractivity contribution in [3.8, 4) is 28.5 Å². The molecule has 13 nitrogen and oxygen atoms in total. The highest BCUT2D eigenvalue weighted by Gasteiger charge is 2.28. The molecule has 0 aliphatic rings. The first-order valence-corrected chi connectivity index (χ1v) is 19.1. The number of benzene rings is 4. The van der Waals surface area contributed by atoms with Gasteiger partial charge in [-0.3, -0.25) is 13.8 Å². The average Bonchev–Trinajstić information content (AvgIpc) is 3.72. The monoisotopic (exact) mass is 765 g/mol. The summed E-state index contributed by atoms with van der Waals surface area (Å²) < 4.78 is 4.30. The number of fused-ring (bicyclic) bond motifs is 7. The summed E-state index contributed by atoms with van der Waals surface area (Å²) in [5, 5.41) is 13.4. The number of nitrogens with zero attached hydrogens (tertiary/aromatic N) is 13. The van der Waals surface area contributed by atoms with Crippen molar-refractivity contribution in [2.24, 2.45) is 0 Å². The van der Waals surface area contributed by atoms with E-state index in [1.165, 1.54) is 0 Å². The van der Waals surface area contributed by atoms with Gasteiger partial charge < -0.3 is 0 Å². The summed E-state index contributed by atoms with van der Waals surface area (Å²) in [6.45, 7) is 9.51. The van der Waals surface area contributed by atoms with Crippen LogP contribution in [0.2, 0.25) is 0 Å². The molecule has 0 N–H and O–H groups in total. The minimum Gasteiger partial charge on any atom is -0.276 e. The molecule has 13 heteroatoms. The maximum absolute atomic E-state index is 9.55. The molecule has 0 atom stereocenters. The summed E-state index contributed by atoms with van der Waals surface area (Å²) in [7, 11) is 0. The molecule has 0 bridgehead atoms. The molecule has 0 aliphatic carbocycles. The molecule has 0 unspecified atom stereocenters. The van der Waals surface area contributed by atoms with E-state index in [2.05, 4.69) is 68.2 Å². The average molecular weight is 766 g/mol. The molecule has 4 aromatic carbocycles. The molecule has 0 saturated heterocycles. The van der Waals surface area contributed by atoms with Crippen LogP contribution in [0.15, 0.2) is 97.5 Å². The Labute approximate surface area is 335 Å². The van der Waals surface area contributed by atoms with Crippen molar-refractivity contribution >= 4 is 60.5 Å². The Morgan fingerprint density at radius 3 is 1.78 bits per heavy atom. The highest BCUT2D eigenvalue weighted by atomic mass is 15.1. The topological polar surface area (TPSA) is 162 Å². The number of hydrogen-bond donors (Lipinski definition) is 0. The lowest BCUT2D eigenvalue weighted by Crippen LogP contribution is -2.27. The Balaban J connectivity index is 1.52. The fraction of sp³-hybridized carbons (Fsp3) is 0.109. The van der Waals surface area contributed by atoms with Crippen molar-refractivity contribution in [1.29, 1.82) is 5.26 Å². The number of aromatic nitrogens is 12. The van der Waals surface area contributed by atoms with E-state index >= 15 is 0 Å². The van der Waals surface area contributed by atoms with E-state index in [0.717, 1.165) is 60.3 Å². The summed E-state index contributed by atoms with van der Waals surface area (Å²) in [5.41, 5.74) is 10.7. The number of hydrogen-bond acceptors (Lipinski definition) is 11. The largest absolute Gasteiger partial charge is 0.276 e. The van der Waals surface area contributed by atoms with Gasteiger partial charge in [0.15, 0.2) is 22.9 Å². The van der Waals surface area contributed by atoms with Gasteiger partial charge in [-0.05, 0) is 63.4 Å². The SMILES string of the molecule is Cc1nc(C)nc(C(c2nc(C)nc(C)n2)=c2n3c4nccnc4c4c(C)ccc(c5ccc(-c6ccccc6)c6c7nc(-c8ccc(C#N)cc8)cnc7n2c56)c43)n1. The van der Waals surface area contributed by atoms with Crippen LogP contribution in [-0.4, -0.2) is 58.6 Å². The zero-order chi connectivity index (χ0) is 40.1. The van der Waals surface area contributed by atoms with E-state index in [1.54, 1.807) is 30.7 Å². The van der Waals surface area contributed by atoms with Gasteiger partial charge in [-0.25, -0.2) is 44.9 Å². The normalized spacial score (nSPS) is 11.8. The third-order valence-corrected chi connectivity index (χ3v) is 10.8. The van der Waals surface area contributed by atoms with Gasteiger partial charge in [0.25, 0.3) is 0 Å². The van der Waals surface area contributed by atoms with Crippen LogP contribution in [0.25, 0.3) is 82.9 Å². The molecule has 0 amide bonds. The molecular formula is C46H31N13. The number of aryl methyl sites for hydroxylation is 5. The molecular weight excluding hydrogens is 735 g/mol. The summed E-state index contributed by atoms with van der Waals surface area (Å²) >= 11 is 0. The van der Waals surface area contributed by atoms with E-state index in [0.29, 0.717) is 74.1 Å². The van der Waals surface area contributed by atoms with Crippen molar-refractivity contribution in [2.75, 3.05) is 0 Å². The quantitative estimate of drug-likeness (QED) is 0.175. The molecule has 7 aromatic heterocycles. The molecule has 59 heavy (non-hydrogen) atoms. The van der Waals surface area contributed by atoms with Crippen molar-refractivity contribution in [2.45, 2.75) is 34.6 Å². The van der Waals surface area contributed by atoms with E-state index in [9.17, 15) is 5.26 Å². The summed E-state index contributed by atoms with van der Waals surface area (Å²) in [6, 6.07) is 28.6. The van der Waals surface area contributed by atoms with Crippen LogP contribution in [0.3, 0.4) is 0 Å². The predicted molar refractivity (Wildman–Crippen MR) is 225 cm³/mol. The van der Waals surface area contributed by atoms with Gasteiger partial charge in [-0.2, -0.15) is 5.26 Å². The second-order valence-electron chi connectivity index (χ2n) is 14.6. The molecule has 11 rings (SSSR count). The Hall–Kier alpha value is -8.11. The second-order valence-corrected chi connectivity index (χ2v) is 14.6. The zero-order valence-corrected chi connectivity index (χ0v) is 32.6. The first-order chi connectivity index (χ1) is 28.8. The molecule has 7 heterocycles. The van der Waals surface area contributed by atoms with E-state index in [1.807, 2.05) is 58.0 Å². The Morgan fingerprint density at radius 2 is 1.14 bits per heavy atom. The lowest BCUT2D eigenvalue weighted by atomic mass is 9.97. The van der Waals surface area contributed by atoms with Crippen molar-refractivity contribution in [1.82, 2.24) is 58.6 Å². The molecule has 0 saturated carbocycles. The van der Waals surface area contributed by atoms with Crippen LogP contribution in [0, 0.1) is 45.9 Å². The maximum Gasteiger partial charge on any atom is 0.170 e. The molecule has 0 spiro atoms. The number of nitriles is 1. The third kappa shape index (κ3) is 5.09. The first kappa shape index (κ1) is 34.2. The minimum absolute atomic E-state index is 0.378. The van der Waals surface area contributed by atoms with E-state index in [4.69, 9.17) is 39.9 Å². The van der Waals surface area contributed by atoms with Crippen LogP contribution in [0.1, 0.15) is 46.1 Å². The van der Waals surface area contributed by atoms with Crippen LogP contribution >= 0.6 is 0 Å². The van der Waals surface area contributed by atoms with Gasteiger partial charge in [0.1, 0.15) is 45.4 Å². The fourth-order valence-electron chi connectivity index (χ4n) is 8.52. The van der Waals surface area contributed by atoms with Gasteiger partial charge in [0.2, 0.25) is 0 Å². The summed E-state index contributed by atoms with van der Waals surface area (Å²) in [4.78, 5) is 49.9. The molecule has 0 radical (unpaired) electrons. The van der Waals surface area contributed by atoms with Crippen LogP contribution in [0.5, 0.6) is 0 Å². The predicted octanol–water partition coefficient (Wildman–Crippen LogP) is 7.47. The van der Waals surface area contributed by atoms with Crippen molar-refractivity contribution in [3.63, 3.8) is 0 Å². The van der Waals surface area contributed by atoms with Gasteiger partial charge >= 0.3 is 0 Å². The van der Waals surface area contributed by atoms with E-state index < -0.39 is 0 Å². The fourth-order valence-corrected chi connectivity index (χ4v) is 8.52. The summed E-state index contributed by atoms with van der Waals surface area (Å²) in [6.07, 6.45) is 5.22. The van der Waals surface area contributed by atoms with Crippen molar-refractivity contribution < 1.29 is 0 Å². The highest BCUT2D eigenvalue weighted by molar-refractivity contribution is 6.25. The Kier molecular flexibility index (Phi) is 7.36. The summed E-state index contributed by atoms with van der Waals surface area (Å²) in [5.74, 6) is 2.93. The van der Waals surface area contributed by atoms with Crippen molar-refractivity contribution in [3.05, 3.63) is 149 Å². The Bertz CT molecular complexity index is 3580. The van der Waals surface area contributed by atoms with Crippen LogP contribution in [-0.2, 0) is 0 Å². The lowest BCUT2D eigenvalue weighted by Gasteiger charge is -2.11. The van der Waals surface area contributed by atoms with E-state index in [-0.39, 0.29) is 0 Å². The molecule has 11 aromatic rings. The molecule has 280 valence electrons. The lowest BCUT2D eigenvalue weighted by molar-refractivity contribution is 0.864. The minimum atomic E-state index is 0.378. The molecule has 0 fully saturated rings. The van der Waals surface area contributed by atoms with Gasteiger partial charge in [0.05, 0.1) is 34.6 Å². The maximum atomic E-state index is 9.55. The third-order valence-electron chi connectivity index (χ3n) is 10.8. The van der Waals surface area contributed by atoms with Gasteiger partial charge in [0, 0.05) is 39.5 Å². The molecule has 0 aliphatic heterocycles. The van der Waals surface area contributed by atoms with Crippen LogP contribution in [0.4, 0.5) is 0 Å².